The van der Waals surface area contributed by atoms with Crippen LogP contribution < -0.4 is 5.32 Å². The maximum absolute atomic E-state index is 11.8. The lowest BCUT2D eigenvalue weighted by atomic mass is 10.1. The Morgan fingerprint density at radius 2 is 2.06 bits per heavy atom. The molecule has 0 aliphatic rings. The quantitative estimate of drug-likeness (QED) is 0.863. The number of rotatable bonds is 4. The molecule has 1 amide bonds. The van der Waals surface area contributed by atoms with Crippen molar-refractivity contribution in [2.24, 2.45) is 0 Å². The van der Waals surface area contributed by atoms with Crippen LogP contribution in [0, 0.1) is 6.92 Å². The Hall–Kier alpha value is -2.23. The monoisotopic (exact) mass is 244 g/mol. The Morgan fingerprint density at radius 1 is 1.33 bits per heavy atom. The normalized spacial score (nSPS) is 10.3. The highest BCUT2D eigenvalue weighted by atomic mass is 16.3. The van der Waals surface area contributed by atoms with Crippen molar-refractivity contribution >= 4 is 5.91 Å². The van der Waals surface area contributed by atoms with Crippen molar-refractivity contribution in [1.29, 1.82) is 0 Å². The minimum absolute atomic E-state index is 0.120. The number of aryl methyl sites for hydroxylation is 1. The molecule has 0 fully saturated rings. The summed E-state index contributed by atoms with van der Waals surface area (Å²) in [4.78, 5) is 11.8. The summed E-state index contributed by atoms with van der Waals surface area (Å²) in [5.74, 6) is 0.0872. The van der Waals surface area contributed by atoms with Crippen LogP contribution >= 0.6 is 0 Å². The minimum Gasteiger partial charge on any atom is -0.508 e. The van der Waals surface area contributed by atoms with Gasteiger partial charge in [0.15, 0.2) is 0 Å². The number of carbonyl (C=O) groups excluding carboxylic acids is 1. The van der Waals surface area contributed by atoms with Gasteiger partial charge in [-0.2, -0.15) is 0 Å². The molecule has 94 valence electrons. The van der Waals surface area contributed by atoms with Crippen LogP contribution in [0.15, 0.2) is 42.7 Å². The average Bonchev–Trinajstić information content (AvgIpc) is 2.85. The van der Waals surface area contributed by atoms with E-state index >= 15 is 0 Å². The van der Waals surface area contributed by atoms with Gasteiger partial charge in [0.25, 0.3) is 5.91 Å². The number of aromatic hydroxyl groups is 1. The first-order valence-corrected chi connectivity index (χ1v) is 5.85. The fraction of sp³-hybridized carbons (Fsp3) is 0.214. The number of nitrogens with zero attached hydrogens (tertiary/aromatic N) is 1. The summed E-state index contributed by atoms with van der Waals surface area (Å²) in [6, 6.07) is 8.74. The number of phenols is 1. The molecule has 18 heavy (non-hydrogen) atoms. The molecule has 0 atom stereocenters. The van der Waals surface area contributed by atoms with E-state index in [1.807, 2.05) is 29.1 Å². The molecule has 2 aromatic rings. The van der Waals surface area contributed by atoms with Crippen molar-refractivity contribution in [3.63, 3.8) is 0 Å². The van der Waals surface area contributed by atoms with E-state index in [1.54, 1.807) is 19.1 Å². The standard InChI is InChI=1S/C14H16N2O2/c1-11-10-12(4-5-13(11)17)14(18)15-6-9-16-7-2-3-8-16/h2-5,7-8,10,17H,6,9H2,1H3,(H,15,18). The molecule has 0 radical (unpaired) electrons. The van der Waals surface area contributed by atoms with Gasteiger partial charge in [-0.3, -0.25) is 4.79 Å². The first-order chi connectivity index (χ1) is 8.66. The Bertz CT molecular complexity index is 533. The summed E-state index contributed by atoms with van der Waals surface area (Å²) >= 11 is 0. The van der Waals surface area contributed by atoms with Gasteiger partial charge >= 0.3 is 0 Å². The van der Waals surface area contributed by atoms with Crippen LogP contribution in [-0.2, 0) is 6.54 Å². The molecule has 2 N–H and O–H groups in total. The number of phenolic OH excluding ortho intramolecular Hbond substituents is 1. The average molecular weight is 244 g/mol. The number of benzene rings is 1. The summed E-state index contributed by atoms with van der Waals surface area (Å²) in [5, 5.41) is 12.2. The number of aromatic nitrogens is 1. The number of hydrogen-bond acceptors (Lipinski definition) is 2. The molecule has 4 nitrogen and oxygen atoms in total. The molecule has 0 aliphatic heterocycles. The van der Waals surface area contributed by atoms with Gasteiger partial charge in [0.05, 0.1) is 0 Å². The van der Waals surface area contributed by atoms with Gasteiger partial charge < -0.3 is 15.0 Å². The fourth-order valence-corrected chi connectivity index (χ4v) is 1.72. The van der Waals surface area contributed by atoms with Crippen molar-refractivity contribution in [3.8, 4) is 5.75 Å². The molecule has 0 aliphatic carbocycles. The topological polar surface area (TPSA) is 54.3 Å². The second-order valence-electron chi connectivity index (χ2n) is 4.18. The summed E-state index contributed by atoms with van der Waals surface area (Å²) in [7, 11) is 0. The van der Waals surface area contributed by atoms with Crippen LogP contribution in [0.2, 0.25) is 0 Å². The van der Waals surface area contributed by atoms with Crippen LogP contribution in [0.25, 0.3) is 0 Å². The van der Waals surface area contributed by atoms with Crippen molar-refractivity contribution in [3.05, 3.63) is 53.9 Å². The predicted molar refractivity (Wildman–Crippen MR) is 69.6 cm³/mol. The van der Waals surface area contributed by atoms with Crippen molar-refractivity contribution in [2.75, 3.05) is 6.54 Å². The van der Waals surface area contributed by atoms with E-state index in [1.165, 1.54) is 6.07 Å². The van der Waals surface area contributed by atoms with Gasteiger partial charge in [-0.25, -0.2) is 0 Å². The zero-order valence-electron chi connectivity index (χ0n) is 10.3. The van der Waals surface area contributed by atoms with Crippen LogP contribution in [0.5, 0.6) is 5.75 Å². The van der Waals surface area contributed by atoms with Crippen LogP contribution in [-0.4, -0.2) is 22.1 Å². The molecule has 0 bridgehead atoms. The zero-order chi connectivity index (χ0) is 13.0. The van der Waals surface area contributed by atoms with Gasteiger partial charge in [0, 0.05) is 31.0 Å². The molecule has 0 saturated heterocycles. The third-order valence-electron chi connectivity index (χ3n) is 2.78. The number of carbonyl (C=O) groups is 1. The lowest BCUT2D eigenvalue weighted by Gasteiger charge is -2.07. The highest BCUT2D eigenvalue weighted by molar-refractivity contribution is 5.94. The maximum atomic E-state index is 11.8. The molecule has 0 unspecified atom stereocenters. The smallest absolute Gasteiger partial charge is 0.251 e. The molecule has 0 spiro atoms. The Morgan fingerprint density at radius 3 is 2.72 bits per heavy atom. The highest BCUT2D eigenvalue weighted by Crippen LogP contribution is 2.16. The number of nitrogens with one attached hydrogen (secondary N) is 1. The Labute approximate surface area is 106 Å². The fourth-order valence-electron chi connectivity index (χ4n) is 1.72. The van der Waals surface area contributed by atoms with Gasteiger partial charge in [-0.05, 0) is 42.8 Å². The van der Waals surface area contributed by atoms with Gasteiger partial charge in [-0.1, -0.05) is 0 Å². The zero-order valence-corrected chi connectivity index (χ0v) is 10.3. The Balaban J connectivity index is 1.89. The molecule has 1 aromatic carbocycles. The van der Waals surface area contributed by atoms with Gasteiger partial charge in [0.2, 0.25) is 0 Å². The Kier molecular flexibility index (Phi) is 3.67. The lowest BCUT2D eigenvalue weighted by Crippen LogP contribution is -2.26. The van der Waals surface area contributed by atoms with E-state index in [2.05, 4.69) is 5.32 Å². The van der Waals surface area contributed by atoms with Crippen LogP contribution in [0.3, 0.4) is 0 Å². The minimum atomic E-state index is -0.120. The number of amides is 1. The third-order valence-corrected chi connectivity index (χ3v) is 2.78. The second kappa shape index (κ2) is 5.40. The maximum Gasteiger partial charge on any atom is 0.251 e. The molecule has 1 aromatic heterocycles. The molecule has 0 saturated carbocycles. The molecule has 2 rings (SSSR count). The van der Waals surface area contributed by atoms with E-state index < -0.39 is 0 Å². The van der Waals surface area contributed by atoms with Crippen LogP contribution in [0.1, 0.15) is 15.9 Å². The van der Waals surface area contributed by atoms with Crippen molar-refractivity contribution in [2.45, 2.75) is 13.5 Å². The molecular formula is C14H16N2O2. The third kappa shape index (κ3) is 2.91. The predicted octanol–water partition coefficient (Wildman–Crippen LogP) is 1.93. The first-order valence-electron chi connectivity index (χ1n) is 5.85. The van der Waals surface area contributed by atoms with Crippen molar-refractivity contribution < 1.29 is 9.90 Å². The van der Waals surface area contributed by atoms with E-state index in [0.717, 1.165) is 6.54 Å². The van der Waals surface area contributed by atoms with Crippen molar-refractivity contribution in [1.82, 2.24) is 9.88 Å². The largest absolute Gasteiger partial charge is 0.508 e. The summed E-state index contributed by atoms with van der Waals surface area (Å²) < 4.78 is 2.00. The van der Waals surface area contributed by atoms with Gasteiger partial charge in [-0.15, -0.1) is 0 Å². The highest BCUT2D eigenvalue weighted by Gasteiger charge is 2.06. The summed E-state index contributed by atoms with van der Waals surface area (Å²) in [5.41, 5.74) is 1.27. The summed E-state index contributed by atoms with van der Waals surface area (Å²) in [6.07, 6.45) is 3.91. The first kappa shape index (κ1) is 12.2. The molecule has 4 heteroatoms. The lowest BCUT2D eigenvalue weighted by molar-refractivity contribution is 0.0952. The molecular weight excluding hydrogens is 228 g/mol. The number of hydrogen-bond donors (Lipinski definition) is 2. The van der Waals surface area contributed by atoms with E-state index in [4.69, 9.17) is 0 Å². The van der Waals surface area contributed by atoms with E-state index in [9.17, 15) is 9.90 Å². The van der Waals surface area contributed by atoms with E-state index in [-0.39, 0.29) is 11.7 Å². The van der Waals surface area contributed by atoms with Gasteiger partial charge in [0.1, 0.15) is 5.75 Å². The summed E-state index contributed by atoms with van der Waals surface area (Å²) in [6.45, 7) is 3.09. The molecule has 1 heterocycles. The van der Waals surface area contributed by atoms with Crippen LogP contribution in [0.4, 0.5) is 0 Å². The SMILES string of the molecule is Cc1cc(C(=O)NCCn2cccc2)ccc1O. The second-order valence-corrected chi connectivity index (χ2v) is 4.18. The van der Waals surface area contributed by atoms with E-state index in [0.29, 0.717) is 17.7 Å².